The summed E-state index contributed by atoms with van der Waals surface area (Å²) in [5.74, 6) is -0.652. The highest BCUT2D eigenvalue weighted by Gasteiger charge is 2.25. The Hall–Kier alpha value is -2.28. The highest BCUT2D eigenvalue weighted by Crippen LogP contribution is 2.19. The molecule has 1 aromatic carbocycles. The van der Waals surface area contributed by atoms with Gasteiger partial charge in [-0.05, 0) is 38.5 Å². The number of hydrogen-bond donors (Lipinski definition) is 3. The fourth-order valence-electron chi connectivity index (χ4n) is 1.91. The van der Waals surface area contributed by atoms with E-state index in [0.717, 1.165) is 0 Å². The van der Waals surface area contributed by atoms with Crippen LogP contribution in [-0.4, -0.2) is 41.0 Å². The van der Waals surface area contributed by atoms with Crippen LogP contribution < -0.4 is 5.32 Å². The van der Waals surface area contributed by atoms with E-state index < -0.39 is 23.7 Å². The predicted octanol–water partition coefficient (Wildman–Crippen LogP) is 1.49. The van der Waals surface area contributed by atoms with Crippen molar-refractivity contribution in [2.24, 2.45) is 0 Å². The molecule has 0 aliphatic heterocycles. The number of hydrogen-bond acceptors (Lipinski definition) is 6. The van der Waals surface area contributed by atoms with E-state index in [0.29, 0.717) is 11.1 Å². The molecule has 3 N–H and O–H groups in total. The SMILES string of the molecule is COC(=O)[C@H](Cc1ccc(O)c(CO)c1)NC(=O)OC(C)(C)C. The van der Waals surface area contributed by atoms with Crippen LogP contribution in [0.4, 0.5) is 4.79 Å². The molecule has 0 radical (unpaired) electrons. The van der Waals surface area contributed by atoms with E-state index in [1.807, 2.05) is 0 Å². The number of phenols is 1. The molecule has 1 rings (SSSR count). The summed E-state index contributed by atoms with van der Waals surface area (Å²) in [6.07, 6.45) is -0.590. The van der Waals surface area contributed by atoms with E-state index in [9.17, 15) is 14.7 Å². The standard InChI is InChI=1S/C16H23NO6/c1-16(2,3)23-15(21)17-12(14(20)22-4)8-10-5-6-13(19)11(7-10)9-18/h5-7,12,18-19H,8-9H2,1-4H3,(H,17,21)/t12-/m0/s1. The quantitative estimate of drug-likeness (QED) is 0.709. The number of alkyl carbamates (subject to hydrolysis) is 1. The van der Waals surface area contributed by atoms with E-state index in [2.05, 4.69) is 10.1 Å². The van der Waals surface area contributed by atoms with E-state index >= 15 is 0 Å². The lowest BCUT2D eigenvalue weighted by atomic mass is 10.0. The molecule has 1 amide bonds. The highest BCUT2D eigenvalue weighted by molar-refractivity contribution is 5.81. The minimum absolute atomic E-state index is 0.0361. The number of ether oxygens (including phenoxy) is 2. The summed E-state index contributed by atoms with van der Waals surface area (Å²) in [6.45, 7) is 4.82. The maximum atomic E-state index is 11.8. The highest BCUT2D eigenvalue weighted by atomic mass is 16.6. The first-order valence-corrected chi connectivity index (χ1v) is 7.15. The Bertz CT molecular complexity index is 564. The van der Waals surface area contributed by atoms with Crippen molar-refractivity contribution < 1.29 is 29.3 Å². The Morgan fingerprint density at radius 1 is 1.30 bits per heavy atom. The number of amides is 1. The van der Waals surface area contributed by atoms with E-state index in [4.69, 9.17) is 9.84 Å². The number of methoxy groups -OCH3 is 1. The molecular weight excluding hydrogens is 302 g/mol. The van der Waals surface area contributed by atoms with Crippen LogP contribution in [-0.2, 0) is 27.3 Å². The fourth-order valence-corrected chi connectivity index (χ4v) is 1.91. The van der Waals surface area contributed by atoms with Crippen molar-refractivity contribution in [2.75, 3.05) is 7.11 Å². The van der Waals surface area contributed by atoms with Gasteiger partial charge in [0.2, 0.25) is 0 Å². The largest absolute Gasteiger partial charge is 0.508 e. The molecule has 7 heteroatoms. The molecule has 7 nitrogen and oxygen atoms in total. The van der Waals surface area contributed by atoms with Gasteiger partial charge in [-0.1, -0.05) is 6.07 Å². The van der Waals surface area contributed by atoms with Crippen molar-refractivity contribution in [3.63, 3.8) is 0 Å². The number of nitrogens with one attached hydrogen (secondary N) is 1. The van der Waals surface area contributed by atoms with E-state index in [1.54, 1.807) is 32.9 Å². The van der Waals surface area contributed by atoms with Crippen LogP contribution in [0.2, 0.25) is 0 Å². The van der Waals surface area contributed by atoms with Crippen molar-refractivity contribution >= 4 is 12.1 Å². The van der Waals surface area contributed by atoms with Crippen LogP contribution in [0.1, 0.15) is 31.9 Å². The average molecular weight is 325 g/mol. The number of esters is 1. The zero-order valence-corrected chi connectivity index (χ0v) is 13.8. The van der Waals surface area contributed by atoms with Crippen molar-refractivity contribution in [1.29, 1.82) is 0 Å². The fraction of sp³-hybridized carbons (Fsp3) is 0.500. The third-order valence-electron chi connectivity index (χ3n) is 2.93. The zero-order chi connectivity index (χ0) is 17.6. The van der Waals surface area contributed by atoms with Gasteiger partial charge in [0.25, 0.3) is 0 Å². The molecule has 0 saturated carbocycles. The topological polar surface area (TPSA) is 105 Å². The molecule has 1 atom stereocenters. The molecular formula is C16H23NO6. The minimum Gasteiger partial charge on any atom is -0.508 e. The smallest absolute Gasteiger partial charge is 0.408 e. The number of carbonyl (C=O) groups excluding carboxylic acids is 2. The first kappa shape index (κ1) is 18.8. The first-order valence-electron chi connectivity index (χ1n) is 7.15. The molecule has 0 bridgehead atoms. The lowest BCUT2D eigenvalue weighted by Gasteiger charge is -2.22. The Labute approximate surface area is 135 Å². The first-order chi connectivity index (χ1) is 10.7. The number of rotatable bonds is 5. The molecule has 0 saturated heterocycles. The van der Waals surface area contributed by atoms with Gasteiger partial charge in [-0.2, -0.15) is 0 Å². The molecule has 0 unspecified atom stereocenters. The minimum atomic E-state index is -0.939. The van der Waals surface area contributed by atoms with Gasteiger partial charge in [-0.25, -0.2) is 9.59 Å². The lowest BCUT2D eigenvalue weighted by molar-refractivity contribution is -0.143. The normalized spacial score (nSPS) is 12.4. The van der Waals surface area contributed by atoms with Crippen LogP contribution in [0.5, 0.6) is 5.75 Å². The Balaban J connectivity index is 2.87. The second-order valence-electron chi connectivity index (χ2n) is 6.05. The third kappa shape index (κ3) is 6.15. The number of aromatic hydroxyl groups is 1. The number of benzene rings is 1. The average Bonchev–Trinajstić information content (AvgIpc) is 2.45. The lowest BCUT2D eigenvalue weighted by Crippen LogP contribution is -2.45. The Morgan fingerprint density at radius 3 is 2.48 bits per heavy atom. The van der Waals surface area contributed by atoms with Gasteiger partial charge in [0, 0.05) is 12.0 Å². The summed E-state index contributed by atoms with van der Waals surface area (Å²) in [4.78, 5) is 23.7. The summed E-state index contributed by atoms with van der Waals surface area (Å²) in [7, 11) is 1.22. The molecule has 0 aliphatic carbocycles. The molecule has 128 valence electrons. The molecule has 0 heterocycles. The second-order valence-corrected chi connectivity index (χ2v) is 6.05. The third-order valence-corrected chi connectivity index (χ3v) is 2.93. The number of aliphatic hydroxyl groups is 1. The van der Waals surface area contributed by atoms with Crippen LogP contribution in [0, 0.1) is 0 Å². The van der Waals surface area contributed by atoms with Gasteiger partial charge in [0.05, 0.1) is 13.7 Å². The van der Waals surface area contributed by atoms with Gasteiger partial charge in [0.15, 0.2) is 0 Å². The summed E-state index contributed by atoms with van der Waals surface area (Å²) in [5.41, 5.74) is 0.301. The zero-order valence-electron chi connectivity index (χ0n) is 13.8. The monoisotopic (exact) mass is 325 g/mol. The van der Waals surface area contributed by atoms with Crippen LogP contribution in [0.15, 0.2) is 18.2 Å². The molecule has 0 spiro atoms. The summed E-state index contributed by atoms with van der Waals surface area (Å²) < 4.78 is 9.81. The number of aliphatic hydroxyl groups excluding tert-OH is 1. The predicted molar refractivity (Wildman–Crippen MR) is 82.9 cm³/mol. The number of carbonyl (C=O) groups is 2. The van der Waals surface area contributed by atoms with Gasteiger partial charge in [0.1, 0.15) is 17.4 Å². The van der Waals surface area contributed by atoms with Crippen molar-refractivity contribution in [3.8, 4) is 5.75 Å². The molecule has 23 heavy (non-hydrogen) atoms. The summed E-state index contributed by atoms with van der Waals surface area (Å²) in [6, 6.07) is 3.64. The van der Waals surface area contributed by atoms with Crippen molar-refractivity contribution in [1.82, 2.24) is 5.32 Å². The van der Waals surface area contributed by atoms with E-state index in [-0.39, 0.29) is 18.8 Å². The molecule has 0 aliphatic rings. The molecule has 0 fully saturated rings. The Kier molecular flexibility index (Phi) is 6.38. The second kappa shape index (κ2) is 7.82. The van der Waals surface area contributed by atoms with Crippen LogP contribution in [0.25, 0.3) is 0 Å². The maximum Gasteiger partial charge on any atom is 0.408 e. The van der Waals surface area contributed by atoms with E-state index in [1.165, 1.54) is 13.2 Å². The molecule has 1 aromatic rings. The summed E-state index contributed by atoms with van der Waals surface area (Å²) in [5, 5.41) is 21.2. The van der Waals surface area contributed by atoms with Gasteiger partial charge >= 0.3 is 12.1 Å². The van der Waals surface area contributed by atoms with Gasteiger partial charge in [-0.15, -0.1) is 0 Å². The van der Waals surface area contributed by atoms with Gasteiger partial charge in [-0.3, -0.25) is 0 Å². The maximum absolute atomic E-state index is 11.8. The van der Waals surface area contributed by atoms with Crippen molar-refractivity contribution in [3.05, 3.63) is 29.3 Å². The Morgan fingerprint density at radius 2 is 1.96 bits per heavy atom. The van der Waals surface area contributed by atoms with Crippen molar-refractivity contribution in [2.45, 2.75) is 45.4 Å². The van der Waals surface area contributed by atoms with Crippen LogP contribution >= 0.6 is 0 Å². The molecule has 0 aromatic heterocycles. The summed E-state index contributed by atoms with van der Waals surface area (Å²) >= 11 is 0. The van der Waals surface area contributed by atoms with Gasteiger partial charge < -0.3 is 25.0 Å². The van der Waals surface area contributed by atoms with Crippen LogP contribution in [0.3, 0.4) is 0 Å².